The summed E-state index contributed by atoms with van der Waals surface area (Å²) in [7, 11) is 0. The van der Waals surface area contributed by atoms with Gasteiger partial charge in [-0.2, -0.15) is 0 Å². The lowest BCUT2D eigenvalue weighted by Crippen LogP contribution is -2.25. The Kier molecular flexibility index (Phi) is 4.36. The topological polar surface area (TPSA) is 53.1 Å². The van der Waals surface area contributed by atoms with Crippen molar-refractivity contribution in [1.29, 1.82) is 0 Å². The number of anilines is 2. The van der Waals surface area contributed by atoms with E-state index in [1.807, 2.05) is 6.92 Å². The van der Waals surface area contributed by atoms with Gasteiger partial charge in [0.05, 0.1) is 0 Å². The number of rotatable bonds is 5. The number of aromatic nitrogens is 2. The van der Waals surface area contributed by atoms with Crippen LogP contribution in [0.15, 0.2) is 6.07 Å². The summed E-state index contributed by atoms with van der Waals surface area (Å²) in [6, 6.07) is 2.54. The molecule has 0 aliphatic carbocycles. The number of hydrogen-bond acceptors (Lipinski definition) is 5. The summed E-state index contributed by atoms with van der Waals surface area (Å²) in [5.41, 5.74) is 0. The van der Waals surface area contributed by atoms with Crippen molar-refractivity contribution in [1.82, 2.24) is 15.3 Å². The molecule has 1 fully saturated rings. The third-order valence-electron chi connectivity index (χ3n) is 3.32. The highest BCUT2D eigenvalue weighted by molar-refractivity contribution is 5.49. The van der Waals surface area contributed by atoms with Crippen LogP contribution in [0.3, 0.4) is 0 Å². The molecule has 0 spiro atoms. The summed E-state index contributed by atoms with van der Waals surface area (Å²) in [6.45, 7) is 10.3. The highest BCUT2D eigenvalue weighted by Crippen LogP contribution is 2.17. The molecule has 2 heterocycles. The minimum Gasteiger partial charge on any atom is -0.366 e. The molecule has 1 aromatic heterocycles. The van der Waals surface area contributed by atoms with Gasteiger partial charge in [0.1, 0.15) is 17.5 Å². The molecule has 2 rings (SSSR count). The van der Waals surface area contributed by atoms with Crippen LogP contribution in [0.1, 0.15) is 26.1 Å². The van der Waals surface area contributed by atoms with Crippen molar-refractivity contribution in [3.8, 4) is 0 Å². The molecule has 0 radical (unpaired) electrons. The Bertz CT molecular complexity index is 383. The molecule has 1 aromatic rings. The van der Waals surface area contributed by atoms with Crippen molar-refractivity contribution in [2.75, 3.05) is 36.4 Å². The molecule has 1 aliphatic heterocycles. The summed E-state index contributed by atoms with van der Waals surface area (Å²) in [6.07, 6.45) is 1.16. The van der Waals surface area contributed by atoms with Crippen molar-refractivity contribution in [3.63, 3.8) is 0 Å². The molecule has 5 heteroatoms. The summed E-state index contributed by atoms with van der Waals surface area (Å²) in [5, 5.41) is 6.84. The van der Waals surface area contributed by atoms with E-state index in [9.17, 15) is 0 Å². The minimum atomic E-state index is 0.490. The van der Waals surface area contributed by atoms with E-state index in [2.05, 4.69) is 45.4 Å². The Balaban J connectivity index is 2.14. The Morgan fingerprint density at radius 3 is 2.78 bits per heavy atom. The van der Waals surface area contributed by atoms with Gasteiger partial charge in [-0.25, -0.2) is 9.97 Å². The average Bonchev–Trinajstić information content (AvgIpc) is 2.83. The van der Waals surface area contributed by atoms with E-state index in [1.54, 1.807) is 0 Å². The highest BCUT2D eigenvalue weighted by Gasteiger charge is 2.15. The quantitative estimate of drug-likeness (QED) is 0.826. The zero-order chi connectivity index (χ0) is 13.0. The average molecular weight is 249 g/mol. The van der Waals surface area contributed by atoms with Gasteiger partial charge in [0, 0.05) is 31.7 Å². The lowest BCUT2D eigenvalue weighted by Gasteiger charge is -2.21. The first-order valence-corrected chi connectivity index (χ1v) is 6.80. The normalized spacial score (nSPS) is 18.9. The predicted molar refractivity (Wildman–Crippen MR) is 75.2 cm³/mol. The van der Waals surface area contributed by atoms with Crippen LogP contribution in [-0.2, 0) is 0 Å². The molecule has 1 atom stereocenters. The number of hydrogen-bond donors (Lipinski definition) is 2. The summed E-state index contributed by atoms with van der Waals surface area (Å²) < 4.78 is 0. The van der Waals surface area contributed by atoms with Crippen LogP contribution in [-0.4, -0.2) is 42.2 Å². The maximum atomic E-state index is 4.51. The first-order chi connectivity index (χ1) is 8.72. The fourth-order valence-corrected chi connectivity index (χ4v) is 2.32. The lowest BCUT2D eigenvalue weighted by molar-refractivity contribution is 0.781. The maximum Gasteiger partial charge on any atom is 0.134 e. The Morgan fingerprint density at radius 1 is 1.39 bits per heavy atom. The van der Waals surface area contributed by atoms with Gasteiger partial charge in [0.25, 0.3) is 0 Å². The van der Waals surface area contributed by atoms with Crippen molar-refractivity contribution in [2.24, 2.45) is 0 Å². The number of nitrogens with zero attached hydrogens (tertiary/aromatic N) is 3. The smallest absolute Gasteiger partial charge is 0.134 e. The zero-order valence-electron chi connectivity index (χ0n) is 11.5. The SMILES string of the molecule is CCN(CC)c1cc(NC2CCNC2)nc(C)n1. The Morgan fingerprint density at radius 2 is 2.17 bits per heavy atom. The second-order valence-electron chi connectivity index (χ2n) is 4.66. The predicted octanol–water partition coefficient (Wildman–Crippen LogP) is 1.41. The van der Waals surface area contributed by atoms with Crippen molar-refractivity contribution < 1.29 is 0 Å². The van der Waals surface area contributed by atoms with Crippen LogP contribution in [0.25, 0.3) is 0 Å². The molecule has 1 saturated heterocycles. The molecule has 0 saturated carbocycles. The van der Waals surface area contributed by atoms with Crippen molar-refractivity contribution in [2.45, 2.75) is 33.2 Å². The molecular weight excluding hydrogens is 226 g/mol. The Labute approximate surface area is 109 Å². The maximum absolute atomic E-state index is 4.51. The molecule has 1 aliphatic rings. The van der Waals surface area contributed by atoms with Crippen LogP contribution in [0, 0.1) is 6.92 Å². The summed E-state index contributed by atoms with van der Waals surface area (Å²) in [4.78, 5) is 11.2. The first kappa shape index (κ1) is 13.1. The second kappa shape index (κ2) is 6.00. The minimum absolute atomic E-state index is 0.490. The number of nitrogens with one attached hydrogen (secondary N) is 2. The van der Waals surface area contributed by atoms with Gasteiger partial charge >= 0.3 is 0 Å². The van der Waals surface area contributed by atoms with E-state index in [0.29, 0.717) is 6.04 Å². The largest absolute Gasteiger partial charge is 0.366 e. The third kappa shape index (κ3) is 3.10. The fourth-order valence-electron chi connectivity index (χ4n) is 2.32. The van der Waals surface area contributed by atoms with E-state index >= 15 is 0 Å². The van der Waals surface area contributed by atoms with Gasteiger partial charge < -0.3 is 15.5 Å². The lowest BCUT2D eigenvalue weighted by atomic mass is 10.2. The molecular formula is C13H23N5. The Hall–Kier alpha value is -1.36. The number of aryl methyl sites for hydroxylation is 1. The monoisotopic (exact) mass is 249 g/mol. The molecule has 0 aromatic carbocycles. The van der Waals surface area contributed by atoms with E-state index in [4.69, 9.17) is 0 Å². The van der Waals surface area contributed by atoms with Crippen LogP contribution < -0.4 is 15.5 Å². The van der Waals surface area contributed by atoms with Gasteiger partial charge in [-0.05, 0) is 33.7 Å². The standard InChI is InChI=1S/C13H23N5/c1-4-18(5-2)13-8-12(15-10(3)16-13)17-11-6-7-14-9-11/h8,11,14H,4-7,9H2,1-3H3,(H,15,16,17). The van der Waals surface area contributed by atoms with Crippen LogP contribution >= 0.6 is 0 Å². The first-order valence-electron chi connectivity index (χ1n) is 6.80. The molecule has 2 N–H and O–H groups in total. The highest BCUT2D eigenvalue weighted by atomic mass is 15.2. The van der Waals surface area contributed by atoms with E-state index in [1.165, 1.54) is 0 Å². The molecule has 0 amide bonds. The van der Waals surface area contributed by atoms with Crippen LogP contribution in [0.4, 0.5) is 11.6 Å². The molecule has 5 nitrogen and oxygen atoms in total. The van der Waals surface area contributed by atoms with E-state index < -0.39 is 0 Å². The van der Waals surface area contributed by atoms with Gasteiger partial charge in [0.2, 0.25) is 0 Å². The third-order valence-corrected chi connectivity index (χ3v) is 3.32. The van der Waals surface area contributed by atoms with Gasteiger partial charge in [-0.3, -0.25) is 0 Å². The fraction of sp³-hybridized carbons (Fsp3) is 0.692. The van der Waals surface area contributed by atoms with Gasteiger partial charge in [-0.15, -0.1) is 0 Å². The summed E-state index contributed by atoms with van der Waals surface area (Å²) in [5.74, 6) is 2.78. The van der Waals surface area contributed by atoms with E-state index in [-0.39, 0.29) is 0 Å². The molecule has 0 bridgehead atoms. The molecule has 100 valence electrons. The van der Waals surface area contributed by atoms with Gasteiger partial charge in [-0.1, -0.05) is 0 Å². The zero-order valence-corrected chi connectivity index (χ0v) is 11.5. The molecule has 1 unspecified atom stereocenters. The van der Waals surface area contributed by atoms with E-state index in [0.717, 1.165) is 50.1 Å². The van der Waals surface area contributed by atoms with Crippen molar-refractivity contribution >= 4 is 11.6 Å². The van der Waals surface area contributed by atoms with Crippen LogP contribution in [0.2, 0.25) is 0 Å². The van der Waals surface area contributed by atoms with Crippen LogP contribution in [0.5, 0.6) is 0 Å². The molecule has 18 heavy (non-hydrogen) atoms. The van der Waals surface area contributed by atoms with Crippen molar-refractivity contribution in [3.05, 3.63) is 11.9 Å². The second-order valence-corrected chi connectivity index (χ2v) is 4.66. The van der Waals surface area contributed by atoms with Gasteiger partial charge in [0.15, 0.2) is 0 Å². The summed E-state index contributed by atoms with van der Waals surface area (Å²) >= 11 is 0.